The Morgan fingerprint density at radius 1 is 0.520 bits per heavy atom. The van der Waals surface area contributed by atoms with Crippen LogP contribution in [0.15, 0.2) is 72.9 Å². The highest BCUT2D eigenvalue weighted by molar-refractivity contribution is 5.69. The number of ether oxygens (including phenoxy) is 3. The molecule has 50 heavy (non-hydrogen) atoms. The first kappa shape index (κ1) is 47.8. The van der Waals surface area contributed by atoms with Gasteiger partial charge in [-0.2, -0.15) is 0 Å². The van der Waals surface area contributed by atoms with Gasteiger partial charge in [0.05, 0.1) is 6.61 Å². The van der Waals surface area contributed by atoms with Gasteiger partial charge in [0.1, 0.15) is 12.7 Å². The van der Waals surface area contributed by atoms with Gasteiger partial charge in [-0.3, -0.25) is 4.79 Å². The molecule has 0 saturated carbocycles. The van der Waals surface area contributed by atoms with E-state index in [1.807, 2.05) is 14.1 Å². The van der Waals surface area contributed by atoms with Gasteiger partial charge in [-0.1, -0.05) is 138 Å². The Bertz CT molecular complexity index is 886. The van der Waals surface area contributed by atoms with E-state index in [0.717, 1.165) is 70.9 Å². The second-order valence-corrected chi connectivity index (χ2v) is 13.6. The molecule has 0 N–H and O–H groups in total. The lowest BCUT2D eigenvalue weighted by Gasteiger charge is -2.18. The maximum atomic E-state index is 12.2. The van der Waals surface area contributed by atoms with Gasteiger partial charge in [0, 0.05) is 19.6 Å². The molecule has 0 aromatic rings. The van der Waals surface area contributed by atoms with Crippen LogP contribution in [0.3, 0.4) is 0 Å². The molecule has 0 saturated heterocycles. The summed E-state index contributed by atoms with van der Waals surface area (Å²) < 4.78 is 17.7. The van der Waals surface area contributed by atoms with E-state index in [-0.39, 0.29) is 18.7 Å². The van der Waals surface area contributed by atoms with Gasteiger partial charge in [-0.15, -0.1) is 0 Å². The molecular weight excluding hydrogens is 618 g/mol. The molecule has 0 aromatic carbocycles. The van der Waals surface area contributed by atoms with Crippen molar-refractivity contribution in [3.8, 4) is 0 Å². The monoisotopic (exact) mass is 698 g/mol. The Kier molecular flexibility index (Phi) is 39.4. The third-order valence-corrected chi connectivity index (χ3v) is 8.31. The minimum absolute atomic E-state index is 0.144. The summed E-state index contributed by atoms with van der Waals surface area (Å²) in [6, 6.07) is 0. The van der Waals surface area contributed by atoms with E-state index in [9.17, 15) is 4.79 Å². The van der Waals surface area contributed by atoms with Crippen LogP contribution in [0.4, 0.5) is 0 Å². The van der Waals surface area contributed by atoms with Crippen LogP contribution < -0.4 is 0 Å². The van der Waals surface area contributed by atoms with Crippen molar-refractivity contribution >= 4 is 5.97 Å². The normalized spacial score (nSPS) is 13.2. The summed E-state index contributed by atoms with van der Waals surface area (Å²) in [4.78, 5) is 14.3. The number of esters is 1. The van der Waals surface area contributed by atoms with E-state index in [4.69, 9.17) is 14.2 Å². The molecule has 0 bridgehead atoms. The van der Waals surface area contributed by atoms with Crippen LogP contribution in [-0.2, 0) is 19.0 Å². The standard InChI is InChI=1S/C45H79NO4/c1-5-7-9-11-13-15-17-19-21-23-25-27-29-31-33-35-40-48-42-44(43-50-45(47)38-37-39-46(3)4)49-41-36-34-32-30-28-26-24-22-20-18-16-14-12-10-8-6-2/h7-10,13-16,19-22,44H,5-6,11-12,17-18,23-43H2,1-4H3. The lowest BCUT2D eigenvalue weighted by Crippen LogP contribution is -2.28. The van der Waals surface area contributed by atoms with E-state index in [1.54, 1.807) is 0 Å². The molecular formula is C45H79NO4. The maximum absolute atomic E-state index is 12.2. The zero-order chi connectivity index (χ0) is 36.4. The number of hydrogen-bond donors (Lipinski definition) is 0. The van der Waals surface area contributed by atoms with Crippen LogP contribution in [0.5, 0.6) is 0 Å². The molecule has 0 spiro atoms. The lowest BCUT2D eigenvalue weighted by atomic mass is 10.1. The molecule has 1 unspecified atom stereocenters. The van der Waals surface area contributed by atoms with Gasteiger partial charge < -0.3 is 19.1 Å². The summed E-state index contributed by atoms with van der Waals surface area (Å²) in [5.74, 6) is -0.144. The third kappa shape index (κ3) is 40.2. The summed E-state index contributed by atoms with van der Waals surface area (Å²) in [5.41, 5.74) is 0. The van der Waals surface area contributed by atoms with Gasteiger partial charge in [0.2, 0.25) is 0 Å². The topological polar surface area (TPSA) is 48.0 Å². The molecule has 0 aliphatic rings. The average molecular weight is 698 g/mol. The number of nitrogens with zero attached hydrogens (tertiary/aromatic N) is 1. The van der Waals surface area contributed by atoms with Gasteiger partial charge >= 0.3 is 5.97 Å². The van der Waals surface area contributed by atoms with Crippen molar-refractivity contribution in [2.45, 2.75) is 161 Å². The Morgan fingerprint density at radius 2 is 0.960 bits per heavy atom. The highest BCUT2D eigenvalue weighted by Crippen LogP contribution is 2.11. The van der Waals surface area contributed by atoms with E-state index in [0.29, 0.717) is 19.6 Å². The van der Waals surface area contributed by atoms with Crippen molar-refractivity contribution in [3.63, 3.8) is 0 Å². The Balaban J connectivity index is 4.02. The first-order chi connectivity index (χ1) is 24.6. The fourth-order valence-electron chi connectivity index (χ4n) is 5.30. The summed E-state index contributed by atoms with van der Waals surface area (Å²) in [5, 5.41) is 0. The molecule has 0 fully saturated rings. The van der Waals surface area contributed by atoms with Crippen LogP contribution in [0.2, 0.25) is 0 Å². The van der Waals surface area contributed by atoms with Crippen molar-refractivity contribution in [2.75, 3.05) is 47.1 Å². The predicted octanol–water partition coefficient (Wildman–Crippen LogP) is 12.5. The molecule has 5 nitrogen and oxygen atoms in total. The largest absolute Gasteiger partial charge is 0.463 e. The SMILES string of the molecule is CCC=CCC=CCC=CCCCCCCCCOCC(COC(=O)CCCN(C)C)OCCCCCCCCC=CCC=CCC=CCC. The number of rotatable bonds is 37. The van der Waals surface area contributed by atoms with E-state index in [1.165, 1.54) is 77.0 Å². The van der Waals surface area contributed by atoms with Gasteiger partial charge in [0.25, 0.3) is 0 Å². The molecule has 288 valence electrons. The van der Waals surface area contributed by atoms with E-state index in [2.05, 4.69) is 91.7 Å². The molecule has 0 heterocycles. The summed E-state index contributed by atoms with van der Waals surface area (Å²) in [7, 11) is 4.04. The minimum atomic E-state index is -0.191. The molecule has 5 heteroatoms. The first-order valence-corrected chi connectivity index (χ1v) is 20.5. The fourth-order valence-corrected chi connectivity index (χ4v) is 5.30. The summed E-state index contributed by atoms with van der Waals surface area (Å²) in [6.07, 6.45) is 51.6. The summed E-state index contributed by atoms with van der Waals surface area (Å²) >= 11 is 0. The molecule has 0 radical (unpaired) electrons. The first-order valence-electron chi connectivity index (χ1n) is 20.5. The smallest absolute Gasteiger partial charge is 0.305 e. The number of allylic oxidation sites excluding steroid dienone is 12. The van der Waals surface area contributed by atoms with Crippen molar-refractivity contribution < 1.29 is 19.0 Å². The van der Waals surface area contributed by atoms with Crippen molar-refractivity contribution in [1.82, 2.24) is 4.90 Å². The van der Waals surface area contributed by atoms with E-state index >= 15 is 0 Å². The predicted molar refractivity (Wildman–Crippen MR) is 218 cm³/mol. The summed E-state index contributed by atoms with van der Waals surface area (Å²) in [6.45, 7) is 7.42. The molecule has 1 atom stereocenters. The third-order valence-electron chi connectivity index (χ3n) is 8.31. The minimum Gasteiger partial charge on any atom is -0.463 e. The Hall–Kier alpha value is -2.21. The number of carbonyl (C=O) groups excluding carboxylic acids is 1. The quantitative estimate of drug-likeness (QED) is 0.0367. The molecule has 0 aromatic heterocycles. The van der Waals surface area contributed by atoms with Crippen LogP contribution in [-0.4, -0.2) is 64.0 Å². The maximum Gasteiger partial charge on any atom is 0.305 e. The van der Waals surface area contributed by atoms with Crippen molar-refractivity contribution in [3.05, 3.63) is 72.9 Å². The zero-order valence-electron chi connectivity index (χ0n) is 33.2. The number of carbonyl (C=O) groups is 1. The highest BCUT2D eigenvalue weighted by Gasteiger charge is 2.13. The number of hydrogen-bond acceptors (Lipinski definition) is 5. The van der Waals surface area contributed by atoms with Crippen LogP contribution in [0, 0.1) is 0 Å². The second kappa shape index (κ2) is 41.2. The van der Waals surface area contributed by atoms with Crippen LogP contribution >= 0.6 is 0 Å². The Labute approximate surface area is 310 Å². The van der Waals surface area contributed by atoms with Gasteiger partial charge in [-0.05, 0) is 104 Å². The molecule has 0 amide bonds. The fraction of sp³-hybridized carbons (Fsp3) is 0.711. The second-order valence-electron chi connectivity index (χ2n) is 13.6. The van der Waals surface area contributed by atoms with Crippen LogP contribution in [0.25, 0.3) is 0 Å². The molecule has 0 rings (SSSR count). The van der Waals surface area contributed by atoms with E-state index < -0.39 is 0 Å². The van der Waals surface area contributed by atoms with Crippen molar-refractivity contribution in [2.24, 2.45) is 0 Å². The number of unbranched alkanes of at least 4 members (excludes halogenated alkanes) is 12. The lowest BCUT2D eigenvalue weighted by molar-refractivity contribution is -0.150. The van der Waals surface area contributed by atoms with Gasteiger partial charge in [-0.25, -0.2) is 0 Å². The van der Waals surface area contributed by atoms with Crippen LogP contribution in [0.1, 0.15) is 155 Å². The van der Waals surface area contributed by atoms with Crippen molar-refractivity contribution in [1.29, 1.82) is 0 Å². The average Bonchev–Trinajstić information content (AvgIpc) is 3.10. The zero-order valence-corrected chi connectivity index (χ0v) is 33.2. The Morgan fingerprint density at radius 3 is 1.46 bits per heavy atom. The van der Waals surface area contributed by atoms with Gasteiger partial charge in [0.15, 0.2) is 0 Å². The highest BCUT2D eigenvalue weighted by atomic mass is 16.6. The molecule has 0 aliphatic carbocycles. The molecule has 0 aliphatic heterocycles.